The summed E-state index contributed by atoms with van der Waals surface area (Å²) < 4.78 is 31.9. The normalized spacial score (nSPS) is 12.3. The molecule has 0 radical (unpaired) electrons. The molecule has 2 aromatic rings. The fraction of sp³-hybridized carbons (Fsp3) is 0.235. The molecule has 0 N–H and O–H groups in total. The number of esters is 1. The van der Waals surface area contributed by atoms with E-state index >= 15 is 0 Å². The molecule has 0 fully saturated rings. The number of hydrogen-bond donors (Lipinski definition) is 0. The summed E-state index contributed by atoms with van der Waals surface area (Å²) in [6.45, 7) is 1.76. The van der Waals surface area contributed by atoms with Crippen LogP contribution in [0.15, 0.2) is 42.5 Å². The molecular formula is C17H17F2NO2. The standard InChI is InChI=1S/C17H17F2NO2/c1-11(20(2)3)22-17(21)13-6-4-12(5-7-13)15-9-8-14(18)10-16(15)19/h4-11H,1-3H3. The first-order chi connectivity index (χ1) is 10.4. The second kappa shape index (κ2) is 6.66. The minimum Gasteiger partial charge on any atom is -0.443 e. The molecule has 22 heavy (non-hydrogen) atoms. The zero-order valence-electron chi connectivity index (χ0n) is 12.6. The van der Waals surface area contributed by atoms with Crippen LogP contribution in [0.4, 0.5) is 8.78 Å². The lowest BCUT2D eigenvalue weighted by molar-refractivity contribution is -0.00546. The lowest BCUT2D eigenvalue weighted by Crippen LogP contribution is -2.29. The highest BCUT2D eigenvalue weighted by Crippen LogP contribution is 2.24. The molecule has 2 rings (SSSR count). The highest BCUT2D eigenvalue weighted by Gasteiger charge is 2.14. The Bertz CT molecular complexity index is 669. The number of carbonyl (C=O) groups is 1. The van der Waals surface area contributed by atoms with Crippen LogP contribution in [0.3, 0.4) is 0 Å². The van der Waals surface area contributed by atoms with Gasteiger partial charge in [0, 0.05) is 11.6 Å². The van der Waals surface area contributed by atoms with Gasteiger partial charge in [-0.25, -0.2) is 13.6 Å². The van der Waals surface area contributed by atoms with E-state index in [1.54, 1.807) is 50.2 Å². The van der Waals surface area contributed by atoms with Crippen molar-refractivity contribution in [2.75, 3.05) is 14.1 Å². The molecule has 3 nitrogen and oxygen atoms in total. The number of benzene rings is 2. The van der Waals surface area contributed by atoms with E-state index in [-0.39, 0.29) is 11.8 Å². The summed E-state index contributed by atoms with van der Waals surface area (Å²) >= 11 is 0. The molecule has 0 bridgehead atoms. The molecule has 0 saturated carbocycles. The molecule has 0 heterocycles. The van der Waals surface area contributed by atoms with E-state index in [4.69, 9.17) is 4.74 Å². The van der Waals surface area contributed by atoms with Gasteiger partial charge < -0.3 is 4.74 Å². The molecule has 1 unspecified atom stereocenters. The van der Waals surface area contributed by atoms with Gasteiger partial charge in [0.15, 0.2) is 6.23 Å². The summed E-state index contributed by atoms with van der Waals surface area (Å²) in [5.74, 6) is -1.72. The van der Waals surface area contributed by atoms with Gasteiger partial charge in [0.2, 0.25) is 0 Å². The van der Waals surface area contributed by atoms with Gasteiger partial charge in [-0.05, 0) is 50.8 Å². The highest BCUT2D eigenvalue weighted by molar-refractivity contribution is 5.90. The van der Waals surface area contributed by atoms with Crippen molar-refractivity contribution in [1.82, 2.24) is 4.90 Å². The van der Waals surface area contributed by atoms with E-state index in [1.165, 1.54) is 12.1 Å². The molecule has 116 valence electrons. The average molecular weight is 305 g/mol. The Morgan fingerprint density at radius 1 is 1.09 bits per heavy atom. The number of nitrogens with zero attached hydrogens (tertiary/aromatic N) is 1. The van der Waals surface area contributed by atoms with Gasteiger partial charge in [0.05, 0.1) is 5.56 Å². The maximum Gasteiger partial charge on any atom is 0.339 e. The maximum absolute atomic E-state index is 13.7. The van der Waals surface area contributed by atoms with E-state index < -0.39 is 17.6 Å². The number of rotatable bonds is 4. The smallest absolute Gasteiger partial charge is 0.339 e. The van der Waals surface area contributed by atoms with Crippen LogP contribution in [-0.4, -0.2) is 31.2 Å². The van der Waals surface area contributed by atoms with Crippen LogP contribution >= 0.6 is 0 Å². The summed E-state index contributed by atoms with van der Waals surface area (Å²) in [6.07, 6.45) is -0.346. The summed E-state index contributed by atoms with van der Waals surface area (Å²) in [5.41, 5.74) is 1.22. The Hall–Kier alpha value is -2.27. The summed E-state index contributed by atoms with van der Waals surface area (Å²) in [5, 5.41) is 0. The molecule has 2 aromatic carbocycles. The Morgan fingerprint density at radius 2 is 1.73 bits per heavy atom. The first-order valence-corrected chi connectivity index (χ1v) is 6.81. The largest absolute Gasteiger partial charge is 0.443 e. The first kappa shape index (κ1) is 16.1. The molecule has 0 spiro atoms. The fourth-order valence-electron chi connectivity index (χ4n) is 1.84. The lowest BCUT2D eigenvalue weighted by atomic mass is 10.0. The SMILES string of the molecule is CC(OC(=O)c1ccc(-c2ccc(F)cc2F)cc1)N(C)C. The Morgan fingerprint density at radius 3 is 2.27 bits per heavy atom. The lowest BCUT2D eigenvalue weighted by Gasteiger charge is -2.19. The second-order valence-electron chi connectivity index (χ2n) is 5.17. The number of carbonyl (C=O) groups excluding carboxylic acids is 1. The topological polar surface area (TPSA) is 29.5 Å². The van der Waals surface area contributed by atoms with Crippen LogP contribution < -0.4 is 0 Å². The molecule has 0 aromatic heterocycles. The van der Waals surface area contributed by atoms with Crippen LogP contribution in [0.2, 0.25) is 0 Å². The zero-order chi connectivity index (χ0) is 16.3. The molecule has 5 heteroatoms. The Balaban J connectivity index is 2.18. The van der Waals surface area contributed by atoms with Crippen LogP contribution in [0.5, 0.6) is 0 Å². The van der Waals surface area contributed by atoms with Crippen LogP contribution in [-0.2, 0) is 4.74 Å². The minimum absolute atomic E-state index is 0.281. The number of hydrogen-bond acceptors (Lipinski definition) is 3. The van der Waals surface area contributed by atoms with E-state index in [0.717, 1.165) is 6.07 Å². The van der Waals surface area contributed by atoms with Crippen molar-refractivity contribution in [2.45, 2.75) is 13.2 Å². The molecule has 1 atom stereocenters. The van der Waals surface area contributed by atoms with Crippen LogP contribution in [0, 0.1) is 11.6 Å². The predicted octanol–water partition coefficient (Wildman–Crippen LogP) is 3.70. The van der Waals surface area contributed by atoms with E-state index in [2.05, 4.69) is 0 Å². The minimum atomic E-state index is -0.642. The predicted molar refractivity (Wildman–Crippen MR) is 80.4 cm³/mol. The third kappa shape index (κ3) is 3.68. The average Bonchev–Trinajstić information content (AvgIpc) is 2.47. The summed E-state index contributed by atoms with van der Waals surface area (Å²) in [7, 11) is 3.61. The third-order valence-corrected chi connectivity index (χ3v) is 3.37. The van der Waals surface area contributed by atoms with Gasteiger partial charge >= 0.3 is 5.97 Å². The first-order valence-electron chi connectivity index (χ1n) is 6.81. The third-order valence-electron chi connectivity index (χ3n) is 3.37. The van der Waals surface area contributed by atoms with Crippen molar-refractivity contribution in [3.63, 3.8) is 0 Å². The summed E-state index contributed by atoms with van der Waals surface area (Å²) in [6, 6.07) is 9.72. The van der Waals surface area contributed by atoms with Crippen molar-refractivity contribution < 1.29 is 18.3 Å². The second-order valence-corrected chi connectivity index (χ2v) is 5.17. The van der Waals surface area contributed by atoms with Gasteiger partial charge in [0.1, 0.15) is 11.6 Å². The zero-order valence-corrected chi connectivity index (χ0v) is 12.6. The number of ether oxygens (including phenoxy) is 1. The monoisotopic (exact) mass is 305 g/mol. The fourth-order valence-corrected chi connectivity index (χ4v) is 1.84. The Kier molecular flexibility index (Phi) is 4.88. The van der Waals surface area contributed by atoms with E-state index in [0.29, 0.717) is 11.1 Å². The van der Waals surface area contributed by atoms with Gasteiger partial charge in [-0.2, -0.15) is 0 Å². The molecular weight excluding hydrogens is 288 g/mol. The number of halogens is 2. The van der Waals surface area contributed by atoms with Crippen molar-refractivity contribution in [3.8, 4) is 11.1 Å². The van der Waals surface area contributed by atoms with Crippen LogP contribution in [0.1, 0.15) is 17.3 Å². The van der Waals surface area contributed by atoms with E-state index in [9.17, 15) is 13.6 Å². The van der Waals surface area contributed by atoms with Crippen molar-refractivity contribution in [2.24, 2.45) is 0 Å². The summed E-state index contributed by atoms with van der Waals surface area (Å²) in [4.78, 5) is 13.7. The molecule has 0 aliphatic carbocycles. The quantitative estimate of drug-likeness (QED) is 0.637. The maximum atomic E-state index is 13.7. The van der Waals surface area contributed by atoms with Crippen LogP contribution in [0.25, 0.3) is 11.1 Å². The Labute approximate surface area is 128 Å². The highest BCUT2D eigenvalue weighted by atomic mass is 19.1. The molecule has 0 amide bonds. The van der Waals surface area contributed by atoms with E-state index in [1.807, 2.05) is 0 Å². The molecule has 0 aliphatic rings. The van der Waals surface area contributed by atoms with Gasteiger partial charge in [-0.15, -0.1) is 0 Å². The van der Waals surface area contributed by atoms with Crippen molar-refractivity contribution >= 4 is 5.97 Å². The van der Waals surface area contributed by atoms with Crippen molar-refractivity contribution in [3.05, 3.63) is 59.7 Å². The van der Waals surface area contributed by atoms with Gasteiger partial charge in [-0.1, -0.05) is 12.1 Å². The molecule has 0 saturated heterocycles. The van der Waals surface area contributed by atoms with Gasteiger partial charge in [0.25, 0.3) is 0 Å². The van der Waals surface area contributed by atoms with Gasteiger partial charge in [-0.3, -0.25) is 4.90 Å². The molecule has 0 aliphatic heterocycles. The van der Waals surface area contributed by atoms with Crippen molar-refractivity contribution in [1.29, 1.82) is 0 Å².